The van der Waals surface area contributed by atoms with E-state index in [2.05, 4.69) is 0 Å². The Hall–Kier alpha value is -0.710. The molecular formula is C11H18O4. The Morgan fingerprint density at radius 2 is 2.27 bits per heavy atom. The second-order valence-corrected chi connectivity index (χ2v) is 3.77. The van der Waals surface area contributed by atoms with Gasteiger partial charge in [-0.15, -0.1) is 0 Å². The van der Waals surface area contributed by atoms with Crippen LogP contribution in [-0.4, -0.2) is 32.1 Å². The van der Waals surface area contributed by atoms with Gasteiger partial charge in [0.05, 0.1) is 0 Å². The van der Waals surface area contributed by atoms with Gasteiger partial charge in [-0.3, -0.25) is 0 Å². The number of rotatable bonds is 5. The second-order valence-electron chi connectivity index (χ2n) is 3.77. The van der Waals surface area contributed by atoms with Crippen molar-refractivity contribution in [2.75, 3.05) is 14.2 Å². The van der Waals surface area contributed by atoms with E-state index in [1.165, 1.54) is 0 Å². The molecule has 0 spiro atoms. The lowest BCUT2D eigenvalue weighted by Gasteiger charge is -2.26. The van der Waals surface area contributed by atoms with Gasteiger partial charge in [0.15, 0.2) is 12.1 Å². The third kappa shape index (κ3) is 2.87. The minimum absolute atomic E-state index is 0.162. The first-order valence-electron chi connectivity index (χ1n) is 4.98. The fourth-order valence-electron chi connectivity index (χ4n) is 1.56. The van der Waals surface area contributed by atoms with Gasteiger partial charge < -0.3 is 19.0 Å². The zero-order valence-corrected chi connectivity index (χ0v) is 9.70. The van der Waals surface area contributed by atoms with Gasteiger partial charge in [0.1, 0.15) is 5.78 Å². The van der Waals surface area contributed by atoms with Gasteiger partial charge in [-0.05, 0) is 31.9 Å². The van der Waals surface area contributed by atoms with Crippen LogP contribution in [0, 0.1) is 0 Å². The first kappa shape index (κ1) is 12.4. The largest absolute Gasteiger partial charge is 0.352 e. The molecule has 15 heavy (non-hydrogen) atoms. The van der Waals surface area contributed by atoms with Crippen molar-refractivity contribution in [3.05, 3.63) is 11.6 Å². The molecule has 0 saturated carbocycles. The molecular weight excluding hydrogens is 196 g/mol. The van der Waals surface area contributed by atoms with Crippen LogP contribution in [0.2, 0.25) is 0 Å². The fourth-order valence-corrected chi connectivity index (χ4v) is 1.56. The van der Waals surface area contributed by atoms with E-state index >= 15 is 0 Å². The fraction of sp³-hybridized carbons (Fsp3) is 0.727. The van der Waals surface area contributed by atoms with Crippen molar-refractivity contribution in [3.63, 3.8) is 0 Å². The third-order valence-corrected chi connectivity index (χ3v) is 2.63. The number of Topliss-reactive ketones (excluding diaryl/α,β-unsaturated/α-hetero) is 1. The summed E-state index contributed by atoms with van der Waals surface area (Å²) in [4.78, 5) is 10.9. The maximum Gasteiger partial charge on any atom is 0.191 e. The molecule has 0 aliphatic carbocycles. The number of carbonyl (C=O) groups is 1. The minimum atomic E-state index is -0.754. The quantitative estimate of drug-likeness (QED) is 0.653. The van der Waals surface area contributed by atoms with Crippen molar-refractivity contribution in [3.8, 4) is 0 Å². The second kappa shape index (κ2) is 4.88. The van der Waals surface area contributed by atoms with Crippen molar-refractivity contribution in [1.82, 2.24) is 0 Å². The molecule has 1 aliphatic heterocycles. The van der Waals surface area contributed by atoms with Crippen LogP contribution in [0.25, 0.3) is 0 Å². The molecule has 0 aromatic carbocycles. The monoisotopic (exact) mass is 214 g/mol. The summed E-state index contributed by atoms with van der Waals surface area (Å²) in [5, 5.41) is 0. The lowest BCUT2D eigenvalue weighted by molar-refractivity contribution is -0.237. The summed E-state index contributed by atoms with van der Waals surface area (Å²) in [6.07, 6.45) is 2.65. The van der Waals surface area contributed by atoms with Crippen LogP contribution in [0.3, 0.4) is 0 Å². The summed E-state index contributed by atoms with van der Waals surface area (Å²) >= 11 is 0. The topological polar surface area (TPSA) is 44.8 Å². The molecule has 0 aromatic rings. The smallest absolute Gasteiger partial charge is 0.191 e. The van der Waals surface area contributed by atoms with Gasteiger partial charge in [-0.2, -0.15) is 0 Å². The molecule has 2 unspecified atom stereocenters. The molecule has 2 atom stereocenters. The number of carbonyl (C=O) groups excluding carboxylic acids is 1. The van der Waals surface area contributed by atoms with E-state index in [4.69, 9.17) is 14.2 Å². The Bertz CT molecular complexity index is 272. The van der Waals surface area contributed by atoms with Crippen LogP contribution in [0.15, 0.2) is 11.6 Å². The molecule has 0 amide bonds. The van der Waals surface area contributed by atoms with Gasteiger partial charge in [-0.25, -0.2) is 0 Å². The van der Waals surface area contributed by atoms with Crippen molar-refractivity contribution < 1.29 is 19.0 Å². The summed E-state index contributed by atoms with van der Waals surface area (Å²) in [5.74, 6) is -0.592. The van der Waals surface area contributed by atoms with E-state index < -0.39 is 5.79 Å². The Morgan fingerprint density at radius 1 is 1.60 bits per heavy atom. The molecule has 0 aromatic heterocycles. The van der Waals surface area contributed by atoms with Gasteiger partial charge in [0.25, 0.3) is 0 Å². The Labute approximate surface area is 90.2 Å². The first-order valence-corrected chi connectivity index (χ1v) is 4.98. The van der Waals surface area contributed by atoms with E-state index in [0.29, 0.717) is 12.8 Å². The maximum absolute atomic E-state index is 10.9. The summed E-state index contributed by atoms with van der Waals surface area (Å²) in [6, 6.07) is 0. The molecule has 0 saturated heterocycles. The van der Waals surface area contributed by atoms with Crippen LogP contribution in [-0.2, 0) is 19.0 Å². The summed E-state index contributed by atoms with van der Waals surface area (Å²) in [7, 11) is 3.16. The van der Waals surface area contributed by atoms with Crippen molar-refractivity contribution in [1.29, 1.82) is 0 Å². The molecule has 0 fully saturated rings. The molecule has 4 nitrogen and oxygen atoms in total. The van der Waals surface area contributed by atoms with Crippen molar-refractivity contribution >= 4 is 5.78 Å². The normalized spacial score (nSPS) is 30.4. The highest BCUT2D eigenvalue weighted by molar-refractivity contribution is 5.75. The number of hydrogen-bond acceptors (Lipinski definition) is 4. The van der Waals surface area contributed by atoms with Crippen molar-refractivity contribution in [2.45, 2.75) is 38.8 Å². The van der Waals surface area contributed by atoms with Crippen molar-refractivity contribution in [2.24, 2.45) is 0 Å². The molecule has 1 aliphatic rings. The molecule has 0 bridgehead atoms. The lowest BCUT2D eigenvalue weighted by Crippen LogP contribution is -2.31. The third-order valence-electron chi connectivity index (χ3n) is 2.63. The minimum Gasteiger partial charge on any atom is -0.352 e. The molecule has 1 rings (SSSR count). The van der Waals surface area contributed by atoms with Crippen LogP contribution < -0.4 is 0 Å². The van der Waals surface area contributed by atoms with Crippen LogP contribution in [0.1, 0.15) is 26.7 Å². The number of methoxy groups -OCH3 is 2. The van der Waals surface area contributed by atoms with Gasteiger partial charge in [0, 0.05) is 20.6 Å². The van der Waals surface area contributed by atoms with E-state index in [9.17, 15) is 4.79 Å². The van der Waals surface area contributed by atoms with Crippen LogP contribution in [0.5, 0.6) is 0 Å². The van der Waals surface area contributed by atoms with E-state index in [0.717, 1.165) is 5.57 Å². The predicted octanol–water partition coefficient (Wildman–Crippen LogP) is 1.65. The van der Waals surface area contributed by atoms with Crippen LogP contribution >= 0.6 is 0 Å². The highest BCUT2D eigenvalue weighted by atomic mass is 16.8. The van der Waals surface area contributed by atoms with E-state index in [1.807, 2.05) is 13.0 Å². The standard InChI is InChI=1S/C11H18O4/c1-8(12)5-6-9-7-10(13-3)15-11(9,2)14-4/h7,10H,5-6H2,1-4H3. The van der Waals surface area contributed by atoms with Gasteiger partial charge in [-0.1, -0.05) is 0 Å². The molecule has 86 valence electrons. The maximum atomic E-state index is 10.9. The molecule has 4 heteroatoms. The highest BCUT2D eigenvalue weighted by Gasteiger charge is 2.38. The average molecular weight is 214 g/mol. The predicted molar refractivity (Wildman–Crippen MR) is 55.3 cm³/mol. The van der Waals surface area contributed by atoms with Gasteiger partial charge >= 0.3 is 0 Å². The van der Waals surface area contributed by atoms with Crippen LogP contribution in [0.4, 0.5) is 0 Å². The SMILES string of the molecule is COC1C=C(CCC(C)=O)C(C)(OC)O1. The van der Waals surface area contributed by atoms with Gasteiger partial charge in [0.2, 0.25) is 0 Å². The Balaban J connectivity index is 2.68. The summed E-state index contributed by atoms with van der Waals surface area (Å²) in [6.45, 7) is 3.41. The summed E-state index contributed by atoms with van der Waals surface area (Å²) in [5.41, 5.74) is 0.965. The van der Waals surface area contributed by atoms with E-state index in [1.54, 1.807) is 21.1 Å². The lowest BCUT2D eigenvalue weighted by atomic mass is 10.0. The first-order chi connectivity index (χ1) is 7.01. The molecule has 0 radical (unpaired) electrons. The highest BCUT2D eigenvalue weighted by Crippen LogP contribution is 2.34. The Kier molecular flexibility index (Phi) is 4.02. The Morgan fingerprint density at radius 3 is 2.73 bits per heavy atom. The summed E-state index contributed by atoms with van der Waals surface area (Å²) < 4.78 is 15.9. The molecule has 0 N–H and O–H groups in total. The number of ether oxygens (including phenoxy) is 3. The number of ketones is 1. The zero-order valence-electron chi connectivity index (χ0n) is 9.70. The zero-order chi connectivity index (χ0) is 11.5. The number of hydrogen-bond donors (Lipinski definition) is 0. The van der Waals surface area contributed by atoms with E-state index in [-0.39, 0.29) is 12.1 Å². The average Bonchev–Trinajstić information content (AvgIpc) is 2.53. The molecule has 1 heterocycles.